The molecule has 1 heterocycles. The van der Waals surface area contributed by atoms with Crippen LogP contribution in [0.2, 0.25) is 0 Å². The third-order valence-corrected chi connectivity index (χ3v) is 4.93. The molecule has 0 spiro atoms. The van der Waals surface area contributed by atoms with Crippen molar-refractivity contribution in [1.82, 2.24) is 4.90 Å². The van der Waals surface area contributed by atoms with Crippen molar-refractivity contribution in [3.63, 3.8) is 0 Å². The Balaban J connectivity index is 2.00. The van der Waals surface area contributed by atoms with Gasteiger partial charge in [0.25, 0.3) is 0 Å². The Morgan fingerprint density at radius 1 is 1.41 bits per heavy atom. The lowest BCUT2D eigenvalue weighted by atomic mass is 9.94. The fourth-order valence-corrected chi connectivity index (χ4v) is 3.03. The second-order valence-corrected chi connectivity index (χ2v) is 7.79. The second-order valence-electron chi connectivity index (χ2n) is 5.77. The number of carboxylic acid groups (broad SMARTS) is 1. The number of nitrogens with zero attached hydrogens (tertiary/aromatic N) is 1. The van der Waals surface area contributed by atoms with Gasteiger partial charge in [-0.15, -0.1) is 0 Å². The molecule has 1 aliphatic rings. The zero-order valence-electron chi connectivity index (χ0n) is 12.4. The normalized spacial score (nSPS) is 25.2. The van der Waals surface area contributed by atoms with Gasteiger partial charge in [-0.3, -0.25) is 0 Å². The van der Waals surface area contributed by atoms with Crippen molar-refractivity contribution in [1.29, 1.82) is 0 Å². The Bertz CT molecular complexity index is 652. The molecule has 0 aliphatic carbocycles. The first-order valence-electron chi connectivity index (χ1n) is 6.73. The van der Waals surface area contributed by atoms with Crippen molar-refractivity contribution in [2.45, 2.75) is 17.4 Å². The number of aliphatic hydroxyl groups is 1. The zero-order chi connectivity index (χ0) is 16.5. The van der Waals surface area contributed by atoms with Crippen LogP contribution >= 0.6 is 0 Å². The van der Waals surface area contributed by atoms with E-state index in [0.29, 0.717) is 5.75 Å². The molecule has 1 fully saturated rings. The van der Waals surface area contributed by atoms with E-state index in [-0.39, 0.29) is 30.5 Å². The summed E-state index contributed by atoms with van der Waals surface area (Å²) in [5, 5.41) is 19.2. The van der Waals surface area contributed by atoms with Crippen LogP contribution in [0.4, 0.5) is 4.79 Å². The number of sulfone groups is 1. The molecular weight excluding hydrogens is 310 g/mol. The molecule has 2 rings (SSSR count). The highest BCUT2D eigenvalue weighted by Crippen LogP contribution is 2.28. The summed E-state index contributed by atoms with van der Waals surface area (Å²) >= 11 is 0. The Labute approximate surface area is 129 Å². The molecule has 2 atom stereocenters. The van der Waals surface area contributed by atoms with Crippen molar-refractivity contribution in [2.75, 3.05) is 26.0 Å². The largest absolute Gasteiger partial charge is 0.493 e. The van der Waals surface area contributed by atoms with Crippen LogP contribution in [-0.4, -0.2) is 61.2 Å². The lowest BCUT2D eigenvalue weighted by molar-refractivity contribution is 0.0137. The van der Waals surface area contributed by atoms with Crippen molar-refractivity contribution in [3.05, 3.63) is 24.3 Å². The van der Waals surface area contributed by atoms with Crippen LogP contribution < -0.4 is 4.74 Å². The van der Waals surface area contributed by atoms with Crippen LogP contribution in [0.5, 0.6) is 5.75 Å². The van der Waals surface area contributed by atoms with Gasteiger partial charge >= 0.3 is 6.09 Å². The molecule has 7 nitrogen and oxygen atoms in total. The highest BCUT2D eigenvalue weighted by atomic mass is 32.2. The molecule has 2 N–H and O–H groups in total. The number of carbonyl (C=O) groups is 1. The Morgan fingerprint density at radius 3 is 2.45 bits per heavy atom. The first kappa shape index (κ1) is 16.6. The van der Waals surface area contributed by atoms with Crippen molar-refractivity contribution >= 4 is 15.9 Å². The smallest absolute Gasteiger partial charge is 0.407 e. The summed E-state index contributed by atoms with van der Waals surface area (Å²) in [6.45, 7) is 1.97. The quantitative estimate of drug-likeness (QED) is 0.848. The Morgan fingerprint density at radius 2 is 2.00 bits per heavy atom. The second kappa shape index (κ2) is 5.77. The van der Waals surface area contributed by atoms with Gasteiger partial charge in [-0.1, -0.05) is 0 Å². The third-order valence-electron chi connectivity index (χ3n) is 3.80. The van der Waals surface area contributed by atoms with E-state index in [0.717, 1.165) is 11.2 Å². The van der Waals surface area contributed by atoms with Crippen molar-refractivity contribution in [2.24, 2.45) is 5.92 Å². The van der Waals surface area contributed by atoms with Gasteiger partial charge in [0.1, 0.15) is 5.75 Å². The molecular formula is C14H19NO6S. The molecule has 1 saturated heterocycles. The molecule has 2 unspecified atom stereocenters. The number of likely N-dealkylation sites (tertiary alicyclic amines) is 1. The molecule has 1 aliphatic heterocycles. The Kier molecular flexibility index (Phi) is 4.35. The van der Waals surface area contributed by atoms with Gasteiger partial charge in [-0.05, 0) is 31.2 Å². The van der Waals surface area contributed by atoms with E-state index >= 15 is 0 Å². The van der Waals surface area contributed by atoms with Crippen LogP contribution in [0.1, 0.15) is 6.92 Å². The Hall–Kier alpha value is -1.80. The maximum Gasteiger partial charge on any atom is 0.407 e. The molecule has 8 heteroatoms. The first-order valence-corrected chi connectivity index (χ1v) is 8.62. The predicted octanol–water partition coefficient (Wildman–Crippen LogP) is 0.830. The van der Waals surface area contributed by atoms with Gasteiger partial charge in [0, 0.05) is 18.7 Å². The number of amides is 1. The maximum absolute atomic E-state index is 11.4. The van der Waals surface area contributed by atoms with E-state index in [2.05, 4.69) is 0 Å². The van der Waals surface area contributed by atoms with Crippen LogP contribution in [0.25, 0.3) is 0 Å². The fourth-order valence-electron chi connectivity index (χ4n) is 2.40. The summed E-state index contributed by atoms with van der Waals surface area (Å²) in [7, 11) is -3.25. The lowest BCUT2D eigenvalue weighted by Gasteiger charge is -2.23. The number of hydrogen-bond acceptors (Lipinski definition) is 5. The van der Waals surface area contributed by atoms with Gasteiger partial charge in [0.15, 0.2) is 9.84 Å². The number of β-amino-alcohol motifs (C(OH)–C–C–N with tert-alkyl or cyclic N) is 1. The summed E-state index contributed by atoms with van der Waals surface area (Å²) < 4.78 is 28.3. The molecule has 1 aromatic carbocycles. The minimum atomic E-state index is -3.25. The highest BCUT2D eigenvalue weighted by Gasteiger charge is 2.43. The minimum Gasteiger partial charge on any atom is -0.493 e. The summed E-state index contributed by atoms with van der Waals surface area (Å²) in [4.78, 5) is 12.3. The molecule has 0 bridgehead atoms. The van der Waals surface area contributed by atoms with E-state index in [1.165, 1.54) is 24.3 Å². The molecule has 0 aromatic heterocycles. The number of benzene rings is 1. The standard InChI is InChI=1S/C14H19NO6S/c1-14(18)9-15(13(16)17)7-10(14)8-21-11-3-5-12(6-4-11)22(2,19)20/h3-6,10,18H,7-9H2,1-2H3,(H,16,17). The molecule has 22 heavy (non-hydrogen) atoms. The number of hydrogen-bond donors (Lipinski definition) is 2. The third kappa shape index (κ3) is 3.69. The van der Waals surface area contributed by atoms with Gasteiger partial charge in [-0.25, -0.2) is 13.2 Å². The fraction of sp³-hybridized carbons (Fsp3) is 0.500. The van der Waals surface area contributed by atoms with E-state index in [9.17, 15) is 18.3 Å². The minimum absolute atomic E-state index is 0.0450. The topological polar surface area (TPSA) is 104 Å². The van der Waals surface area contributed by atoms with Gasteiger partial charge < -0.3 is 19.8 Å². The average molecular weight is 329 g/mol. The van der Waals surface area contributed by atoms with Gasteiger partial charge in [0.2, 0.25) is 0 Å². The lowest BCUT2D eigenvalue weighted by Crippen LogP contribution is -2.37. The summed E-state index contributed by atoms with van der Waals surface area (Å²) in [5.74, 6) is 0.121. The highest BCUT2D eigenvalue weighted by molar-refractivity contribution is 7.90. The average Bonchev–Trinajstić information content (AvgIpc) is 2.71. The van der Waals surface area contributed by atoms with Gasteiger partial charge in [-0.2, -0.15) is 0 Å². The van der Waals surface area contributed by atoms with Crippen molar-refractivity contribution < 1.29 is 28.2 Å². The van der Waals surface area contributed by atoms with Crippen LogP contribution in [0.15, 0.2) is 29.2 Å². The van der Waals surface area contributed by atoms with Crippen molar-refractivity contribution in [3.8, 4) is 5.75 Å². The number of ether oxygens (including phenoxy) is 1. The zero-order valence-corrected chi connectivity index (χ0v) is 13.2. The SMILES string of the molecule is CC1(O)CN(C(=O)O)CC1COc1ccc(S(C)(=O)=O)cc1. The maximum atomic E-state index is 11.4. The van der Waals surface area contributed by atoms with E-state index in [1.54, 1.807) is 6.92 Å². The first-order chi connectivity index (χ1) is 10.1. The molecule has 0 radical (unpaired) electrons. The summed E-state index contributed by atoms with van der Waals surface area (Å²) in [5.41, 5.74) is -1.15. The van der Waals surface area contributed by atoms with Crippen LogP contribution in [-0.2, 0) is 9.84 Å². The van der Waals surface area contributed by atoms with E-state index in [1.807, 2.05) is 0 Å². The van der Waals surface area contributed by atoms with E-state index in [4.69, 9.17) is 9.84 Å². The number of rotatable bonds is 4. The predicted molar refractivity (Wildman–Crippen MR) is 78.8 cm³/mol. The molecule has 0 saturated carbocycles. The monoisotopic (exact) mass is 329 g/mol. The van der Waals surface area contributed by atoms with E-state index < -0.39 is 21.5 Å². The van der Waals surface area contributed by atoms with Gasteiger partial charge in [0.05, 0.1) is 23.6 Å². The van der Waals surface area contributed by atoms with Crippen LogP contribution in [0, 0.1) is 5.92 Å². The summed E-state index contributed by atoms with van der Waals surface area (Å²) in [6, 6.07) is 5.96. The summed E-state index contributed by atoms with van der Waals surface area (Å²) in [6.07, 6.45) is 0.0549. The molecule has 122 valence electrons. The van der Waals surface area contributed by atoms with Crippen LogP contribution in [0.3, 0.4) is 0 Å². The molecule has 1 aromatic rings. The molecule has 1 amide bonds.